The van der Waals surface area contributed by atoms with Gasteiger partial charge in [0.2, 0.25) is 0 Å². The van der Waals surface area contributed by atoms with Crippen molar-refractivity contribution in [1.29, 1.82) is 0 Å². The molecule has 5 heteroatoms. The lowest BCUT2D eigenvalue weighted by Crippen LogP contribution is -2.52. The summed E-state index contributed by atoms with van der Waals surface area (Å²) < 4.78 is 14.0. The van der Waals surface area contributed by atoms with Crippen LogP contribution < -0.4 is 5.73 Å². The quantitative estimate of drug-likeness (QED) is 0.857. The van der Waals surface area contributed by atoms with E-state index in [-0.39, 0.29) is 11.9 Å². The van der Waals surface area contributed by atoms with Crippen LogP contribution in [-0.2, 0) is 0 Å². The highest BCUT2D eigenvalue weighted by molar-refractivity contribution is 5.21. The van der Waals surface area contributed by atoms with Gasteiger partial charge in [0.1, 0.15) is 5.82 Å². The van der Waals surface area contributed by atoms with Crippen LogP contribution in [0.3, 0.4) is 0 Å². The van der Waals surface area contributed by atoms with E-state index in [0.29, 0.717) is 18.7 Å². The molecule has 4 nitrogen and oxygen atoms in total. The number of halogens is 1. The zero-order valence-corrected chi connectivity index (χ0v) is 12.9. The molecule has 1 saturated heterocycles. The molecule has 1 aliphatic heterocycles. The first-order valence-corrected chi connectivity index (χ1v) is 7.54. The van der Waals surface area contributed by atoms with Crippen LogP contribution in [0.5, 0.6) is 0 Å². The lowest BCUT2D eigenvalue weighted by Gasteiger charge is -2.40. The van der Waals surface area contributed by atoms with Gasteiger partial charge in [0.25, 0.3) is 0 Å². The Bertz CT molecular complexity index is 453. The third-order valence-electron chi connectivity index (χ3n) is 3.95. The summed E-state index contributed by atoms with van der Waals surface area (Å²) in [6, 6.07) is 6.79. The summed E-state index contributed by atoms with van der Waals surface area (Å²) in [5, 5.41) is 9.88. The summed E-state index contributed by atoms with van der Waals surface area (Å²) in [5.74, 6) is -0.188. The van der Waals surface area contributed by atoms with Crippen molar-refractivity contribution in [3.8, 4) is 0 Å². The van der Waals surface area contributed by atoms with Crippen molar-refractivity contribution in [3.63, 3.8) is 0 Å². The summed E-state index contributed by atoms with van der Waals surface area (Å²) in [6.45, 7) is 8.13. The molecule has 0 radical (unpaired) electrons. The summed E-state index contributed by atoms with van der Waals surface area (Å²) in [5.41, 5.74) is 5.88. The van der Waals surface area contributed by atoms with Crippen LogP contribution in [0.1, 0.15) is 25.5 Å². The Labute approximate surface area is 126 Å². The van der Waals surface area contributed by atoms with Crippen molar-refractivity contribution in [1.82, 2.24) is 9.80 Å². The number of aliphatic hydroxyl groups is 1. The average molecular weight is 295 g/mol. The fraction of sp³-hybridized carbons (Fsp3) is 0.625. The summed E-state index contributed by atoms with van der Waals surface area (Å²) in [4.78, 5) is 4.48. The number of nitrogens with two attached hydrogens (primary N) is 1. The van der Waals surface area contributed by atoms with E-state index >= 15 is 0 Å². The van der Waals surface area contributed by atoms with Gasteiger partial charge >= 0.3 is 0 Å². The lowest BCUT2D eigenvalue weighted by molar-refractivity contribution is 0.0110. The second-order valence-corrected chi connectivity index (χ2v) is 6.40. The fourth-order valence-corrected chi connectivity index (χ4v) is 3.00. The number of nitrogens with zero attached hydrogens (tertiary/aromatic N) is 2. The molecule has 1 unspecified atom stereocenters. The highest BCUT2D eigenvalue weighted by Gasteiger charge is 2.27. The second kappa shape index (κ2) is 6.83. The Hall–Kier alpha value is -1.01. The molecule has 1 aliphatic rings. The van der Waals surface area contributed by atoms with Crippen LogP contribution in [0.25, 0.3) is 0 Å². The van der Waals surface area contributed by atoms with Crippen molar-refractivity contribution >= 4 is 0 Å². The molecule has 0 spiro atoms. The van der Waals surface area contributed by atoms with Crippen LogP contribution in [0.4, 0.5) is 4.39 Å². The topological polar surface area (TPSA) is 52.7 Å². The normalized spacial score (nSPS) is 19.7. The molecule has 3 N–H and O–H groups in total. The Morgan fingerprint density at radius 1 is 1.24 bits per heavy atom. The van der Waals surface area contributed by atoms with Crippen molar-refractivity contribution in [3.05, 3.63) is 35.6 Å². The van der Waals surface area contributed by atoms with E-state index in [0.717, 1.165) is 26.2 Å². The van der Waals surface area contributed by atoms with Gasteiger partial charge in [-0.05, 0) is 19.9 Å². The lowest BCUT2D eigenvalue weighted by atomic mass is 10.0. The molecular weight excluding hydrogens is 269 g/mol. The molecule has 118 valence electrons. The summed E-state index contributed by atoms with van der Waals surface area (Å²) >= 11 is 0. The molecule has 0 bridgehead atoms. The Morgan fingerprint density at radius 2 is 1.86 bits per heavy atom. The van der Waals surface area contributed by atoms with E-state index in [1.165, 1.54) is 6.07 Å². The maximum Gasteiger partial charge on any atom is 0.128 e. The predicted octanol–water partition coefficient (Wildman–Crippen LogP) is 1.21. The van der Waals surface area contributed by atoms with Crippen LogP contribution in [-0.4, -0.2) is 59.8 Å². The second-order valence-electron chi connectivity index (χ2n) is 6.40. The fourth-order valence-electron chi connectivity index (χ4n) is 3.00. The summed E-state index contributed by atoms with van der Waals surface area (Å²) in [6.07, 6.45) is 0. The van der Waals surface area contributed by atoms with Crippen LogP contribution in [0.15, 0.2) is 24.3 Å². The first-order chi connectivity index (χ1) is 9.90. The Kier molecular flexibility index (Phi) is 5.32. The first-order valence-electron chi connectivity index (χ1n) is 7.54. The molecule has 2 rings (SSSR count). The average Bonchev–Trinajstić information content (AvgIpc) is 2.42. The van der Waals surface area contributed by atoms with E-state index in [9.17, 15) is 9.50 Å². The van der Waals surface area contributed by atoms with Gasteiger partial charge in [0.15, 0.2) is 0 Å². The van der Waals surface area contributed by atoms with Crippen LogP contribution in [0, 0.1) is 5.82 Å². The summed E-state index contributed by atoms with van der Waals surface area (Å²) in [7, 11) is 0. The van der Waals surface area contributed by atoms with Gasteiger partial charge in [-0.3, -0.25) is 9.80 Å². The molecule has 0 saturated carbocycles. The molecule has 0 amide bonds. The van der Waals surface area contributed by atoms with E-state index in [1.807, 2.05) is 26.0 Å². The zero-order valence-electron chi connectivity index (χ0n) is 12.9. The van der Waals surface area contributed by atoms with E-state index in [4.69, 9.17) is 5.73 Å². The largest absolute Gasteiger partial charge is 0.389 e. The molecule has 1 atom stereocenters. The molecule has 1 aromatic carbocycles. The molecule has 1 aromatic rings. The highest BCUT2D eigenvalue weighted by Crippen LogP contribution is 2.24. The smallest absolute Gasteiger partial charge is 0.128 e. The number of hydrogen-bond acceptors (Lipinski definition) is 4. The van der Waals surface area contributed by atoms with Crippen molar-refractivity contribution in [2.75, 3.05) is 39.3 Å². The van der Waals surface area contributed by atoms with Crippen molar-refractivity contribution in [2.45, 2.75) is 25.5 Å². The number of piperazine rings is 1. The van der Waals surface area contributed by atoms with Gasteiger partial charge in [0, 0.05) is 44.8 Å². The monoisotopic (exact) mass is 295 g/mol. The minimum Gasteiger partial charge on any atom is -0.389 e. The molecule has 21 heavy (non-hydrogen) atoms. The highest BCUT2D eigenvalue weighted by atomic mass is 19.1. The minimum absolute atomic E-state index is 0.0736. The number of β-amino-alcohol motifs (C(OH)–C–C–N with tert-alkyl or cyclic N) is 1. The van der Waals surface area contributed by atoms with Gasteiger partial charge in [0.05, 0.1) is 11.6 Å². The van der Waals surface area contributed by atoms with Gasteiger partial charge in [-0.2, -0.15) is 0 Å². The third-order valence-corrected chi connectivity index (χ3v) is 3.95. The molecule has 0 aromatic heterocycles. The van der Waals surface area contributed by atoms with E-state index in [1.54, 1.807) is 6.07 Å². The van der Waals surface area contributed by atoms with Crippen molar-refractivity contribution < 1.29 is 9.50 Å². The first kappa shape index (κ1) is 16.4. The van der Waals surface area contributed by atoms with Gasteiger partial charge in [-0.1, -0.05) is 18.2 Å². The minimum atomic E-state index is -0.680. The maximum atomic E-state index is 14.0. The number of rotatable bonds is 5. The van der Waals surface area contributed by atoms with Gasteiger partial charge < -0.3 is 10.8 Å². The number of hydrogen-bond donors (Lipinski definition) is 2. The van der Waals surface area contributed by atoms with Crippen LogP contribution >= 0.6 is 0 Å². The van der Waals surface area contributed by atoms with E-state index < -0.39 is 5.60 Å². The van der Waals surface area contributed by atoms with Crippen LogP contribution in [0.2, 0.25) is 0 Å². The third kappa shape index (κ3) is 4.48. The standard InChI is InChI=1S/C16H26FN3O/c1-16(2,21)12-19-7-9-20(10-8-19)15(11-18)13-5-3-4-6-14(13)17/h3-6,15,21H,7-12,18H2,1-2H3. The zero-order chi connectivity index (χ0) is 15.5. The number of benzene rings is 1. The molecule has 1 heterocycles. The van der Waals surface area contributed by atoms with Gasteiger partial charge in [-0.25, -0.2) is 4.39 Å². The molecule has 1 fully saturated rings. The molecular formula is C16H26FN3O. The SMILES string of the molecule is CC(C)(O)CN1CCN(C(CN)c2ccccc2F)CC1. The van der Waals surface area contributed by atoms with Crippen molar-refractivity contribution in [2.24, 2.45) is 5.73 Å². The van der Waals surface area contributed by atoms with Gasteiger partial charge in [-0.15, -0.1) is 0 Å². The molecule has 0 aliphatic carbocycles. The van der Waals surface area contributed by atoms with E-state index in [2.05, 4.69) is 9.80 Å². The maximum absolute atomic E-state index is 14.0. The Balaban J connectivity index is 1.98. The Morgan fingerprint density at radius 3 is 2.38 bits per heavy atom. The predicted molar refractivity (Wildman–Crippen MR) is 82.5 cm³/mol.